The highest BCUT2D eigenvalue weighted by atomic mass is 32.2. The number of piperidine rings is 1. The lowest BCUT2D eigenvalue weighted by Gasteiger charge is -2.23. The fraction of sp³-hybridized carbons (Fsp3) is 0.500. The normalized spacial score (nSPS) is 19.6. The molecule has 146 valence electrons. The summed E-state index contributed by atoms with van der Waals surface area (Å²) in [6.45, 7) is 2.02. The molecule has 0 spiro atoms. The summed E-state index contributed by atoms with van der Waals surface area (Å²) >= 11 is 0. The molecule has 1 aromatic rings. The summed E-state index contributed by atoms with van der Waals surface area (Å²) < 4.78 is 22.9. The molecule has 0 aromatic heterocycles. The van der Waals surface area contributed by atoms with Gasteiger partial charge in [-0.05, 0) is 43.0 Å². The van der Waals surface area contributed by atoms with Crippen molar-refractivity contribution in [2.75, 3.05) is 19.3 Å². The van der Waals surface area contributed by atoms with Crippen LogP contribution in [0.4, 0.5) is 0 Å². The van der Waals surface area contributed by atoms with Crippen LogP contribution in [0, 0.1) is 0 Å². The maximum Gasteiger partial charge on any atom is 0.335 e. The largest absolute Gasteiger partial charge is 0.479 e. The van der Waals surface area contributed by atoms with Gasteiger partial charge in [0, 0.05) is 12.8 Å². The average Bonchev–Trinajstić information content (AvgIpc) is 2.61. The molecule has 2 rings (SSSR count). The van der Waals surface area contributed by atoms with Gasteiger partial charge in [0.1, 0.15) is 0 Å². The highest BCUT2D eigenvalue weighted by Gasteiger charge is 2.29. The molecule has 1 saturated heterocycles. The van der Waals surface area contributed by atoms with Crippen LogP contribution in [0.1, 0.15) is 24.3 Å². The Balaban J connectivity index is 0.000000294. The highest BCUT2D eigenvalue weighted by Crippen LogP contribution is 2.25. The number of hydrogen-bond donors (Lipinski definition) is 5. The molecule has 0 amide bonds. The van der Waals surface area contributed by atoms with E-state index in [4.69, 9.17) is 20.4 Å². The molecule has 0 saturated carbocycles. The van der Waals surface area contributed by atoms with Crippen molar-refractivity contribution in [2.45, 2.75) is 35.9 Å². The van der Waals surface area contributed by atoms with Crippen molar-refractivity contribution in [3.63, 3.8) is 0 Å². The zero-order valence-corrected chi connectivity index (χ0v) is 15.0. The minimum Gasteiger partial charge on any atom is -0.479 e. The summed E-state index contributed by atoms with van der Waals surface area (Å²) in [4.78, 5) is 20.0. The van der Waals surface area contributed by atoms with Gasteiger partial charge >= 0.3 is 11.9 Å². The minimum absolute atomic E-state index is 0.426. The lowest BCUT2D eigenvalue weighted by atomic mass is 9.92. The van der Waals surface area contributed by atoms with Crippen LogP contribution < -0.4 is 5.32 Å². The Kier molecular flexibility index (Phi) is 8.15. The number of hydrogen-bond acceptors (Lipinski definition) is 7. The first-order chi connectivity index (χ1) is 12.0. The Morgan fingerprint density at radius 3 is 2.15 bits per heavy atom. The first kappa shape index (κ1) is 22.0. The third-order valence-electron chi connectivity index (χ3n) is 3.86. The number of aliphatic hydroxyl groups excluding tert-OH is 2. The molecule has 1 aliphatic heterocycles. The van der Waals surface area contributed by atoms with Gasteiger partial charge in [-0.25, -0.2) is 18.0 Å². The number of carbonyl (C=O) groups is 2. The van der Waals surface area contributed by atoms with Gasteiger partial charge in [0.2, 0.25) is 0 Å². The van der Waals surface area contributed by atoms with Gasteiger partial charge in [-0.15, -0.1) is 0 Å². The Bertz CT molecular complexity index is 710. The summed E-state index contributed by atoms with van der Waals surface area (Å²) in [5, 5.41) is 35.9. The molecule has 0 aliphatic carbocycles. The van der Waals surface area contributed by atoms with E-state index in [2.05, 4.69) is 5.32 Å². The fourth-order valence-electron chi connectivity index (χ4n) is 2.41. The van der Waals surface area contributed by atoms with Crippen LogP contribution in [0.15, 0.2) is 29.2 Å². The zero-order chi connectivity index (χ0) is 19.9. The van der Waals surface area contributed by atoms with Crippen LogP contribution in [0.2, 0.25) is 0 Å². The van der Waals surface area contributed by atoms with E-state index >= 15 is 0 Å². The Morgan fingerprint density at radius 2 is 1.73 bits per heavy atom. The van der Waals surface area contributed by atoms with Crippen molar-refractivity contribution < 1.29 is 38.4 Å². The first-order valence-electron chi connectivity index (χ1n) is 7.86. The number of nitrogens with one attached hydrogen (secondary N) is 1. The quantitative estimate of drug-likeness (QED) is 0.444. The Labute approximate surface area is 151 Å². The zero-order valence-electron chi connectivity index (χ0n) is 14.2. The van der Waals surface area contributed by atoms with E-state index in [1.807, 2.05) is 18.2 Å². The lowest BCUT2D eigenvalue weighted by Crippen LogP contribution is -2.39. The van der Waals surface area contributed by atoms with Crippen LogP contribution in [-0.2, 0) is 19.4 Å². The van der Waals surface area contributed by atoms with Crippen molar-refractivity contribution >= 4 is 21.8 Å². The Hall–Kier alpha value is -2.01. The van der Waals surface area contributed by atoms with E-state index in [1.54, 1.807) is 6.07 Å². The van der Waals surface area contributed by atoms with Gasteiger partial charge in [-0.3, -0.25) is 0 Å². The molecule has 2 unspecified atom stereocenters. The number of aliphatic hydroxyl groups is 2. The number of carboxylic acid groups (broad SMARTS) is 2. The van der Waals surface area contributed by atoms with E-state index in [-0.39, 0.29) is 0 Å². The number of benzene rings is 1. The SMILES string of the molecule is CS(=O)(=O)c1cccc([C@@H]2CCCNC2)c1.O=C(O)C(O)C(O)C(=O)O. The molecule has 1 aromatic carbocycles. The van der Waals surface area contributed by atoms with Crippen LogP contribution in [-0.4, -0.2) is 72.3 Å². The fourth-order valence-corrected chi connectivity index (χ4v) is 3.08. The summed E-state index contributed by atoms with van der Waals surface area (Å²) in [5.41, 5.74) is 1.13. The predicted molar refractivity (Wildman–Crippen MR) is 91.7 cm³/mol. The van der Waals surface area contributed by atoms with Gasteiger partial charge in [-0.1, -0.05) is 12.1 Å². The minimum atomic E-state index is -3.08. The number of aliphatic carboxylic acids is 2. The molecular formula is C16H23NO8S. The van der Waals surface area contributed by atoms with Crippen molar-refractivity contribution in [3.8, 4) is 0 Å². The standard InChI is InChI=1S/C12H17NO2S.C4H6O6/c1-16(14,15)12-6-2-4-10(8-12)11-5-3-7-13-9-11;5-1(3(7)8)2(6)4(9)10/h2,4,6,8,11,13H,3,5,7,9H2,1H3;1-2,5-6H,(H,7,8)(H,9,10)/t11-;/m1./s1. The maximum atomic E-state index is 11.5. The van der Waals surface area contributed by atoms with Crippen LogP contribution in [0.25, 0.3) is 0 Å². The third kappa shape index (κ3) is 6.71. The molecule has 10 heteroatoms. The predicted octanol–water partition coefficient (Wildman–Crippen LogP) is -0.565. The van der Waals surface area contributed by atoms with Gasteiger partial charge in [0.05, 0.1) is 4.90 Å². The van der Waals surface area contributed by atoms with Crippen molar-refractivity contribution in [2.24, 2.45) is 0 Å². The molecule has 5 N–H and O–H groups in total. The second kappa shape index (κ2) is 9.62. The van der Waals surface area contributed by atoms with E-state index in [0.717, 1.165) is 31.5 Å². The van der Waals surface area contributed by atoms with Crippen LogP contribution >= 0.6 is 0 Å². The molecule has 26 heavy (non-hydrogen) atoms. The smallest absolute Gasteiger partial charge is 0.335 e. The first-order valence-corrected chi connectivity index (χ1v) is 9.75. The molecule has 9 nitrogen and oxygen atoms in total. The van der Waals surface area contributed by atoms with Gasteiger partial charge < -0.3 is 25.7 Å². The summed E-state index contributed by atoms with van der Waals surface area (Å²) in [6, 6.07) is 7.33. The molecule has 0 radical (unpaired) electrons. The Morgan fingerprint density at radius 1 is 1.15 bits per heavy atom. The van der Waals surface area contributed by atoms with Crippen LogP contribution in [0.5, 0.6) is 0 Å². The third-order valence-corrected chi connectivity index (χ3v) is 4.97. The van der Waals surface area contributed by atoms with E-state index in [1.165, 1.54) is 6.26 Å². The van der Waals surface area contributed by atoms with Gasteiger partial charge in [0.25, 0.3) is 0 Å². The number of sulfone groups is 1. The maximum absolute atomic E-state index is 11.5. The van der Waals surface area contributed by atoms with E-state index in [9.17, 15) is 18.0 Å². The van der Waals surface area contributed by atoms with E-state index in [0.29, 0.717) is 10.8 Å². The van der Waals surface area contributed by atoms with Crippen LogP contribution in [0.3, 0.4) is 0 Å². The van der Waals surface area contributed by atoms with Gasteiger partial charge in [-0.2, -0.15) is 0 Å². The molecule has 0 bridgehead atoms. The molecule has 1 aliphatic rings. The topological polar surface area (TPSA) is 161 Å². The molecule has 1 fully saturated rings. The van der Waals surface area contributed by atoms with Crippen molar-refractivity contribution in [1.82, 2.24) is 5.32 Å². The monoisotopic (exact) mass is 389 g/mol. The summed E-state index contributed by atoms with van der Waals surface area (Å²) in [6.07, 6.45) is -0.978. The van der Waals surface area contributed by atoms with Crippen molar-refractivity contribution in [1.29, 1.82) is 0 Å². The molecular weight excluding hydrogens is 366 g/mol. The highest BCUT2D eigenvalue weighted by molar-refractivity contribution is 7.90. The second-order valence-electron chi connectivity index (χ2n) is 5.95. The summed E-state index contributed by atoms with van der Waals surface area (Å²) in [7, 11) is -3.08. The van der Waals surface area contributed by atoms with Gasteiger partial charge in [0.15, 0.2) is 22.0 Å². The summed E-state index contributed by atoms with van der Waals surface area (Å²) in [5.74, 6) is -3.08. The molecule has 1 heterocycles. The average molecular weight is 389 g/mol. The number of rotatable bonds is 5. The van der Waals surface area contributed by atoms with Crippen molar-refractivity contribution in [3.05, 3.63) is 29.8 Å². The second-order valence-corrected chi connectivity index (χ2v) is 7.97. The molecule has 3 atom stereocenters. The van der Waals surface area contributed by atoms with E-state index < -0.39 is 34.0 Å². The lowest BCUT2D eigenvalue weighted by molar-refractivity contribution is -0.165. The number of carboxylic acids is 2.